The van der Waals surface area contributed by atoms with Crippen molar-refractivity contribution < 1.29 is 71.3 Å². The molecule has 0 fully saturated rings. The average molecular weight is 266 g/mol. The number of hydrogen-bond donors (Lipinski definition) is 0. The van der Waals surface area contributed by atoms with E-state index in [4.69, 9.17) is 0 Å². The molecule has 8 heavy (non-hydrogen) atoms. The van der Waals surface area contributed by atoms with Gasteiger partial charge in [0, 0.05) is 4.31 Å². The van der Waals surface area contributed by atoms with Crippen LogP contribution < -0.4 is 49.6 Å². The number of halogens is 4. The van der Waals surface area contributed by atoms with Crippen LogP contribution in [0.5, 0.6) is 0 Å². The maximum atomic E-state index is 3.96. The van der Waals surface area contributed by atoms with Gasteiger partial charge in [-0.3, -0.25) is 0 Å². The van der Waals surface area contributed by atoms with Crippen LogP contribution >= 0.6 is 24.4 Å². The number of thiocarbonyl (C=S) groups is 2. The van der Waals surface area contributed by atoms with Crippen LogP contribution in [-0.2, 0) is 21.7 Å². The fourth-order valence-corrected chi connectivity index (χ4v) is 0. The van der Waals surface area contributed by atoms with Gasteiger partial charge in [-0.15, -0.1) is 0 Å². The summed E-state index contributed by atoms with van der Waals surface area (Å²) < 4.78 is 1.92. The normalized spacial score (nSPS) is 1.00. The molecule has 0 aromatic heterocycles. The average Bonchev–Trinajstić information content (AvgIpc) is 0.918. The summed E-state index contributed by atoms with van der Waals surface area (Å²) in [4.78, 5) is 0. The van der Waals surface area contributed by atoms with Gasteiger partial charge in [0.1, 0.15) is 0 Å². The summed E-state index contributed by atoms with van der Waals surface area (Å²) in [5.74, 6) is 0. The van der Waals surface area contributed by atoms with Crippen molar-refractivity contribution in [2.45, 2.75) is 0 Å². The summed E-state index contributed by atoms with van der Waals surface area (Å²) in [7, 11) is 0. The molecule has 0 spiro atoms. The van der Waals surface area contributed by atoms with E-state index < -0.39 is 0 Å². The third-order valence-electron chi connectivity index (χ3n) is 0. The fourth-order valence-electron chi connectivity index (χ4n) is 0. The minimum absolute atomic E-state index is 0. The number of hydrogen-bond acceptors (Lipinski definition) is 2. The van der Waals surface area contributed by atoms with Gasteiger partial charge < -0.3 is 49.6 Å². The SMILES string of the molecule is S=C=S.[Cl-].[Cl-].[Cl-].[Cl-].[Ti+4]. The Labute approximate surface area is 99.1 Å². The summed E-state index contributed by atoms with van der Waals surface area (Å²) >= 11 is 7.92. The first kappa shape index (κ1) is 49.8. The second kappa shape index (κ2) is 62.2. The first-order valence-corrected chi connectivity index (χ1v) is 1.22. The molecule has 0 aromatic carbocycles. The Morgan fingerprint density at radius 1 is 0.750 bits per heavy atom. The van der Waals surface area contributed by atoms with Crippen LogP contribution in [0, 0.1) is 0 Å². The molecule has 0 aliphatic heterocycles. The smallest absolute Gasteiger partial charge is 1.00 e. The van der Waals surface area contributed by atoms with Crippen LogP contribution in [0.3, 0.4) is 0 Å². The Morgan fingerprint density at radius 2 is 0.750 bits per heavy atom. The maximum Gasteiger partial charge on any atom is 4.00 e. The third-order valence-corrected chi connectivity index (χ3v) is 0. The van der Waals surface area contributed by atoms with Gasteiger partial charge in [-0.25, -0.2) is 0 Å². The van der Waals surface area contributed by atoms with Gasteiger partial charge in [-0.05, 0) is 24.4 Å². The predicted octanol–water partition coefficient (Wildman–Crippen LogP) is -11.0. The largest absolute Gasteiger partial charge is 4.00 e. The van der Waals surface area contributed by atoms with Crippen molar-refractivity contribution in [3.63, 3.8) is 0 Å². The van der Waals surface area contributed by atoms with Crippen molar-refractivity contribution in [1.29, 1.82) is 0 Å². The van der Waals surface area contributed by atoms with Crippen molar-refractivity contribution in [2.75, 3.05) is 0 Å². The molecular formula is CCl4S2Ti. The van der Waals surface area contributed by atoms with Crippen LogP contribution in [0.25, 0.3) is 0 Å². The van der Waals surface area contributed by atoms with E-state index in [1.165, 1.54) is 0 Å². The second-order valence-electron chi connectivity index (χ2n) is 0.0833. The van der Waals surface area contributed by atoms with Crippen molar-refractivity contribution in [3.8, 4) is 0 Å². The molecule has 0 radical (unpaired) electrons. The molecule has 0 bridgehead atoms. The molecule has 7 heteroatoms. The van der Waals surface area contributed by atoms with Gasteiger partial charge in [0.25, 0.3) is 0 Å². The third kappa shape index (κ3) is 92.9. The monoisotopic (exact) mass is 264 g/mol. The van der Waals surface area contributed by atoms with E-state index in [1.807, 2.05) is 4.31 Å². The molecule has 48 valence electrons. The summed E-state index contributed by atoms with van der Waals surface area (Å²) in [6, 6.07) is 0. The Bertz CT molecular complexity index is 35.0. The zero-order chi connectivity index (χ0) is 2.71. The molecule has 0 saturated heterocycles. The van der Waals surface area contributed by atoms with Crippen LogP contribution in [-0.4, -0.2) is 4.31 Å². The fraction of sp³-hybridized carbons (Fsp3) is 0. The van der Waals surface area contributed by atoms with E-state index >= 15 is 0 Å². The topological polar surface area (TPSA) is 0 Å². The molecule has 0 aliphatic carbocycles. The van der Waals surface area contributed by atoms with E-state index in [2.05, 4.69) is 24.4 Å². The molecule has 0 rings (SSSR count). The summed E-state index contributed by atoms with van der Waals surface area (Å²) in [5, 5.41) is 0. The molecule has 0 aromatic rings. The van der Waals surface area contributed by atoms with Crippen LogP contribution in [0.4, 0.5) is 0 Å². The summed E-state index contributed by atoms with van der Waals surface area (Å²) in [5.41, 5.74) is 0. The zero-order valence-electron chi connectivity index (χ0n) is 3.33. The maximum absolute atomic E-state index is 3.96. The Hall–Kier alpha value is 2.09. The first-order chi connectivity index (χ1) is 1.41. The molecule has 0 amide bonds. The van der Waals surface area contributed by atoms with Crippen molar-refractivity contribution in [3.05, 3.63) is 0 Å². The Kier molecular flexibility index (Phi) is 387. The van der Waals surface area contributed by atoms with E-state index in [0.29, 0.717) is 0 Å². The molecule has 0 heterocycles. The van der Waals surface area contributed by atoms with Crippen molar-refractivity contribution in [2.24, 2.45) is 0 Å². The minimum atomic E-state index is 0. The van der Waals surface area contributed by atoms with Gasteiger partial charge in [0.15, 0.2) is 0 Å². The molecule has 0 saturated carbocycles. The summed E-state index contributed by atoms with van der Waals surface area (Å²) in [6.07, 6.45) is 0. The second-order valence-corrected chi connectivity index (χ2v) is 0.750. The van der Waals surface area contributed by atoms with E-state index in [9.17, 15) is 0 Å². The number of rotatable bonds is 0. The Balaban J connectivity index is -0.00000000200. The van der Waals surface area contributed by atoms with Gasteiger partial charge in [-0.2, -0.15) is 0 Å². The van der Waals surface area contributed by atoms with Gasteiger partial charge in [0.05, 0.1) is 0 Å². The minimum Gasteiger partial charge on any atom is -1.00 e. The van der Waals surface area contributed by atoms with E-state index in [0.717, 1.165) is 0 Å². The zero-order valence-corrected chi connectivity index (χ0v) is 9.55. The molecule has 0 atom stereocenters. The standard InChI is InChI=1S/CS2.4ClH.Ti/c2-1-3;;;;;/h;4*1H;/q;;;;;+4/p-4. The van der Waals surface area contributed by atoms with Crippen molar-refractivity contribution >= 4 is 28.7 Å². The van der Waals surface area contributed by atoms with Gasteiger partial charge >= 0.3 is 21.7 Å². The van der Waals surface area contributed by atoms with Crippen LogP contribution in [0.1, 0.15) is 0 Å². The molecule has 0 N–H and O–H groups in total. The quantitative estimate of drug-likeness (QED) is 0.315. The first-order valence-electron chi connectivity index (χ1n) is 0.408. The molecule has 0 nitrogen and oxygen atoms in total. The van der Waals surface area contributed by atoms with Crippen LogP contribution in [0.2, 0.25) is 0 Å². The van der Waals surface area contributed by atoms with Gasteiger partial charge in [-0.1, -0.05) is 0 Å². The van der Waals surface area contributed by atoms with E-state index in [1.54, 1.807) is 0 Å². The van der Waals surface area contributed by atoms with Crippen molar-refractivity contribution in [1.82, 2.24) is 0 Å². The Morgan fingerprint density at radius 3 is 0.750 bits per heavy atom. The molecule has 0 aliphatic rings. The van der Waals surface area contributed by atoms with E-state index in [-0.39, 0.29) is 71.3 Å². The van der Waals surface area contributed by atoms with Gasteiger partial charge in [0.2, 0.25) is 0 Å². The summed E-state index contributed by atoms with van der Waals surface area (Å²) in [6.45, 7) is 0. The van der Waals surface area contributed by atoms with Crippen LogP contribution in [0.15, 0.2) is 0 Å². The molecule has 0 unspecified atom stereocenters. The predicted molar refractivity (Wildman–Crippen MR) is 20.2 cm³/mol. The molecular weight excluding hydrogens is 266 g/mol.